The van der Waals surface area contributed by atoms with Gasteiger partial charge in [0.15, 0.2) is 0 Å². The normalized spacial score (nSPS) is 20.5. The van der Waals surface area contributed by atoms with Gasteiger partial charge in [0.2, 0.25) is 5.91 Å². The Morgan fingerprint density at radius 1 is 1.13 bits per heavy atom. The molecule has 0 bridgehead atoms. The molecule has 1 aromatic carbocycles. The molecule has 0 atom stereocenters. The van der Waals surface area contributed by atoms with Crippen molar-refractivity contribution in [2.24, 2.45) is 5.92 Å². The summed E-state index contributed by atoms with van der Waals surface area (Å²) < 4.78 is 5.30. The molecule has 0 radical (unpaired) electrons. The van der Waals surface area contributed by atoms with Gasteiger partial charge in [0.05, 0.1) is 19.8 Å². The Labute approximate surface area is 138 Å². The number of anilines is 2. The molecule has 3 rings (SSSR count). The van der Waals surface area contributed by atoms with E-state index in [-0.39, 0.29) is 5.91 Å². The molecule has 2 aliphatic heterocycles. The molecule has 1 N–H and O–H groups in total. The third-order valence-corrected chi connectivity index (χ3v) is 4.77. The second-order valence-corrected chi connectivity index (χ2v) is 6.65. The van der Waals surface area contributed by atoms with E-state index in [1.165, 1.54) is 18.5 Å². The lowest BCUT2D eigenvalue weighted by molar-refractivity contribution is -0.118. The maximum Gasteiger partial charge on any atom is 0.238 e. The summed E-state index contributed by atoms with van der Waals surface area (Å²) in [6.45, 7) is 8.12. The Morgan fingerprint density at radius 3 is 2.43 bits per heavy atom. The second kappa shape index (κ2) is 7.79. The van der Waals surface area contributed by atoms with Crippen LogP contribution in [-0.4, -0.2) is 56.7 Å². The van der Waals surface area contributed by atoms with Crippen LogP contribution in [0.1, 0.15) is 19.8 Å². The van der Waals surface area contributed by atoms with Crippen molar-refractivity contribution in [2.75, 3.05) is 56.2 Å². The number of hydrogen-bond acceptors (Lipinski definition) is 4. The van der Waals surface area contributed by atoms with E-state index in [1.807, 2.05) is 12.1 Å². The van der Waals surface area contributed by atoms with E-state index < -0.39 is 0 Å². The molecule has 1 amide bonds. The van der Waals surface area contributed by atoms with E-state index in [0.29, 0.717) is 6.54 Å². The molecule has 2 saturated heterocycles. The molecule has 5 heteroatoms. The number of carbonyl (C=O) groups is 1. The predicted octanol–water partition coefficient (Wildman–Crippen LogP) is 2.19. The van der Waals surface area contributed by atoms with Gasteiger partial charge in [-0.2, -0.15) is 0 Å². The van der Waals surface area contributed by atoms with Crippen molar-refractivity contribution in [2.45, 2.75) is 19.8 Å². The standard InChI is InChI=1S/C18H27N3O2/c1-15-6-8-21(9-7-15)17-4-2-16(3-5-17)19-18(22)14-20-10-12-23-13-11-20/h2-5,15H,6-14H2,1H3,(H,19,22). The van der Waals surface area contributed by atoms with Gasteiger partial charge in [-0.05, 0) is 43.0 Å². The Morgan fingerprint density at radius 2 is 1.78 bits per heavy atom. The summed E-state index contributed by atoms with van der Waals surface area (Å²) in [5, 5.41) is 2.99. The number of rotatable bonds is 4. The van der Waals surface area contributed by atoms with Crippen LogP contribution in [0, 0.1) is 5.92 Å². The highest BCUT2D eigenvalue weighted by Gasteiger charge is 2.16. The molecule has 2 heterocycles. The Kier molecular flexibility index (Phi) is 5.51. The van der Waals surface area contributed by atoms with Gasteiger partial charge in [-0.25, -0.2) is 0 Å². The van der Waals surface area contributed by atoms with Gasteiger partial charge in [-0.1, -0.05) is 6.92 Å². The topological polar surface area (TPSA) is 44.8 Å². The van der Waals surface area contributed by atoms with Gasteiger partial charge in [0, 0.05) is 37.6 Å². The van der Waals surface area contributed by atoms with Crippen molar-refractivity contribution in [1.82, 2.24) is 4.90 Å². The molecule has 2 aliphatic rings. The number of hydrogen-bond donors (Lipinski definition) is 1. The molecule has 126 valence electrons. The molecule has 0 spiro atoms. The lowest BCUT2D eigenvalue weighted by atomic mass is 9.99. The van der Waals surface area contributed by atoms with Crippen LogP contribution in [0.3, 0.4) is 0 Å². The van der Waals surface area contributed by atoms with E-state index in [0.717, 1.165) is 51.0 Å². The monoisotopic (exact) mass is 317 g/mol. The van der Waals surface area contributed by atoms with Crippen molar-refractivity contribution < 1.29 is 9.53 Å². The summed E-state index contributed by atoms with van der Waals surface area (Å²) in [4.78, 5) is 16.7. The van der Waals surface area contributed by atoms with Crippen molar-refractivity contribution >= 4 is 17.3 Å². The summed E-state index contributed by atoms with van der Waals surface area (Å²) >= 11 is 0. The maximum atomic E-state index is 12.1. The SMILES string of the molecule is CC1CCN(c2ccc(NC(=O)CN3CCOCC3)cc2)CC1. The van der Waals surface area contributed by atoms with Crippen LogP contribution in [0.4, 0.5) is 11.4 Å². The first-order valence-corrected chi connectivity index (χ1v) is 8.65. The van der Waals surface area contributed by atoms with Crippen molar-refractivity contribution in [3.05, 3.63) is 24.3 Å². The summed E-state index contributed by atoms with van der Waals surface area (Å²) in [5.41, 5.74) is 2.13. The number of nitrogens with zero attached hydrogens (tertiary/aromatic N) is 2. The predicted molar refractivity (Wildman–Crippen MR) is 92.9 cm³/mol. The van der Waals surface area contributed by atoms with E-state index in [4.69, 9.17) is 4.74 Å². The van der Waals surface area contributed by atoms with Gasteiger partial charge in [0.25, 0.3) is 0 Å². The minimum absolute atomic E-state index is 0.0476. The average molecular weight is 317 g/mol. The Balaban J connectivity index is 1.49. The molecular weight excluding hydrogens is 290 g/mol. The maximum absolute atomic E-state index is 12.1. The van der Waals surface area contributed by atoms with Crippen LogP contribution in [0.5, 0.6) is 0 Å². The average Bonchev–Trinajstić information content (AvgIpc) is 2.57. The summed E-state index contributed by atoms with van der Waals surface area (Å²) in [6.07, 6.45) is 2.52. The van der Waals surface area contributed by atoms with Gasteiger partial charge in [0.1, 0.15) is 0 Å². The third kappa shape index (κ3) is 4.69. The largest absolute Gasteiger partial charge is 0.379 e. The number of amides is 1. The van der Waals surface area contributed by atoms with E-state index >= 15 is 0 Å². The van der Waals surface area contributed by atoms with Crippen LogP contribution in [0.25, 0.3) is 0 Å². The highest BCUT2D eigenvalue weighted by atomic mass is 16.5. The highest BCUT2D eigenvalue weighted by molar-refractivity contribution is 5.92. The molecule has 2 fully saturated rings. The first-order valence-electron chi connectivity index (χ1n) is 8.65. The van der Waals surface area contributed by atoms with Gasteiger partial charge < -0.3 is 15.0 Å². The lowest BCUT2D eigenvalue weighted by Crippen LogP contribution is -2.41. The number of nitrogens with one attached hydrogen (secondary N) is 1. The van der Waals surface area contributed by atoms with Crippen molar-refractivity contribution in [1.29, 1.82) is 0 Å². The lowest BCUT2D eigenvalue weighted by Gasteiger charge is -2.32. The van der Waals surface area contributed by atoms with Crippen LogP contribution in [-0.2, 0) is 9.53 Å². The van der Waals surface area contributed by atoms with Crippen molar-refractivity contribution in [3.63, 3.8) is 0 Å². The fraction of sp³-hybridized carbons (Fsp3) is 0.611. The zero-order valence-corrected chi connectivity index (χ0v) is 14.0. The first-order chi connectivity index (χ1) is 11.2. The number of carbonyl (C=O) groups excluding carboxylic acids is 1. The van der Waals surface area contributed by atoms with E-state index in [9.17, 15) is 4.79 Å². The number of morpholine rings is 1. The third-order valence-electron chi connectivity index (χ3n) is 4.77. The first kappa shape index (κ1) is 16.3. The fourth-order valence-electron chi connectivity index (χ4n) is 3.19. The molecule has 0 unspecified atom stereocenters. The van der Waals surface area contributed by atoms with Gasteiger partial charge in [-0.3, -0.25) is 9.69 Å². The Hall–Kier alpha value is -1.59. The molecule has 1 aromatic rings. The number of piperidine rings is 1. The van der Waals surface area contributed by atoms with Gasteiger partial charge in [-0.15, -0.1) is 0 Å². The Bertz CT molecular complexity index is 504. The molecule has 0 saturated carbocycles. The molecule has 0 aliphatic carbocycles. The fourth-order valence-corrected chi connectivity index (χ4v) is 3.19. The van der Waals surface area contributed by atoms with Crippen LogP contribution >= 0.6 is 0 Å². The van der Waals surface area contributed by atoms with E-state index in [1.54, 1.807) is 0 Å². The summed E-state index contributed by atoms with van der Waals surface area (Å²) in [7, 11) is 0. The van der Waals surface area contributed by atoms with Crippen LogP contribution < -0.4 is 10.2 Å². The zero-order chi connectivity index (χ0) is 16.1. The number of benzene rings is 1. The van der Waals surface area contributed by atoms with Crippen molar-refractivity contribution in [3.8, 4) is 0 Å². The van der Waals surface area contributed by atoms with Crippen LogP contribution in [0.2, 0.25) is 0 Å². The molecular formula is C18H27N3O2. The van der Waals surface area contributed by atoms with E-state index in [2.05, 4.69) is 34.2 Å². The molecule has 0 aromatic heterocycles. The molecule has 5 nitrogen and oxygen atoms in total. The van der Waals surface area contributed by atoms with Crippen LogP contribution in [0.15, 0.2) is 24.3 Å². The molecule has 23 heavy (non-hydrogen) atoms. The number of ether oxygens (including phenoxy) is 1. The van der Waals surface area contributed by atoms with Gasteiger partial charge >= 0.3 is 0 Å². The minimum Gasteiger partial charge on any atom is -0.379 e. The smallest absolute Gasteiger partial charge is 0.238 e. The summed E-state index contributed by atoms with van der Waals surface area (Å²) in [5.74, 6) is 0.886. The summed E-state index contributed by atoms with van der Waals surface area (Å²) in [6, 6.07) is 8.23. The second-order valence-electron chi connectivity index (χ2n) is 6.65. The highest BCUT2D eigenvalue weighted by Crippen LogP contribution is 2.24. The minimum atomic E-state index is 0.0476. The quantitative estimate of drug-likeness (QED) is 0.925. The zero-order valence-electron chi connectivity index (χ0n) is 14.0.